The van der Waals surface area contributed by atoms with Crippen molar-refractivity contribution in [1.29, 1.82) is 0 Å². The van der Waals surface area contributed by atoms with Gasteiger partial charge in [0, 0.05) is 24.2 Å². The number of hydrogen-bond donors (Lipinski definition) is 3. The van der Waals surface area contributed by atoms with Gasteiger partial charge in [0.15, 0.2) is 0 Å². The van der Waals surface area contributed by atoms with E-state index >= 15 is 0 Å². The van der Waals surface area contributed by atoms with E-state index in [4.69, 9.17) is 5.73 Å². The highest BCUT2D eigenvalue weighted by Gasteiger charge is 2.44. The second kappa shape index (κ2) is 6.77. The van der Waals surface area contributed by atoms with Gasteiger partial charge in [0.25, 0.3) is 11.8 Å². The fourth-order valence-electron chi connectivity index (χ4n) is 4.16. The molecule has 1 saturated heterocycles. The van der Waals surface area contributed by atoms with E-state index in [2.05, 4.69) is 10.6 Å². The summed E-state index contributed by atoms with van der Waals surface area (Å²) in [5, 5.41) is 5.59. The zero-order chi connectivity index (χ0) is 19.1. The van der Waals surface area contributed by atoms with Crippen LogP contribution in [0.2, 0.25) is 0 Å². The summed E-state index contributed by atoms with van der Waals surface area (Å²) in [6, 6.07) is 4.54. The van der Waals surface area contributed by atoms with Crippen molar-refractivity contribution in [3.05, 3.63) is 29.3 Å². The normalized spacial score (nSPS) is 28.2. The topological polar surface area (TPSA) is 122 Å². The molecule has 2 aliphatic heterocycles. The van der Waals surface area contributed by atoms with Crippen LogP contribution >= 0.6 is 0 Å². The summed E-state index contributed by atoms with van der Waals surface area (Å²) >= 11 is 0. The molecule has 4 N–H and O–H groups in total. The lowest BCUT2D eigenvalue weighted by atomic mass is 9.91. The number of hydrogen-bond acceptors (Lipinski definition) is 6. The molecular formula is C19H22N4O4. The molecule has 1 aromatic rings. The first-order valence-electron chi connectivity index (χ1n) is 9.32. The highest BCUT2D eigenvalue weighted by Crippen LogP contribution is 2.30. The van der Waals surface area contributed by atoms with Crippen molar-refractivity contribution >= 4 is 29.3 Å². The Balaban J connectivity index is 1.54. The summed E-state index contributed by atoms with van der Waals surface area (Å²) in [5.74, 6) is -1.97. The summed E-state index contributed by atoms with van der Waals surface area (Å²) in [7, 11) is 0. The molecule has 8 nitrogen and oxygen atoms in total. The number of carbonyl (C=O) groups is 4. The number of fused-ring (bicyclic) bond motifs is 1. The Bertz CT molecular complexity index is 837. The fourth-order valence-corrected chi connectivity index (χ4v) is 4.16. The van der Waals surface area contributed by atoms with Crippen molar-refractivity contribution in [2.24, 2.45) is 5.73 Å². The number of amides is 4. The molecule has 0 aromatic heterocycles. The van der Waals surface area contributed by atoms with Crippen LogP contribution in [0.25, 0.3) is 0 Å². The van der Waals surface area contributed by atoms with Crippen LogP contribution < -0.4 is 16.4 Å². The van der Waals surface area contributed by atoms with Crippen LogP contribution in [0.3, 0.4) is 0 Å². The standard InChI is InChI=1S/C19H22N4O4/c20-10-2-1-3-11(8-10)21-12-4-5-13-14(9-12)19(27)23(18(13)26)15-6-7-16(24)22-17(15)25/h4-5,9-11,15,21H,1-3,6-8,20H2,(H,22,24,25)/t10-,11-,15?/m1/s1. The molecule has 1 aliphatic carbocycles. The quantitative estimate of drug-likeness (QED) is 0.676. The summed E-state index contributed by atoms with van der Waals surface area (Å²) in [6.45, 7) is 0. The number of rotatable bonds is 3. The van der Waals surface area contributed by atoms with E-state index in [-0.39, 0.29) is 42.0 Å². The third-order valence-electron chi connectivity index (χ3n) is 5.53. The summed E-state index contributed by atoms with van der Waals surface area (Å²) in [5.41, 5.74) is 7.36. The van der Waals surface area contributed by atoms with Crippen LogP contribution in [-0.2, 0) is 9.59 Å². The molecule has 8 heteroatoms. The molecule has 1 saturated carbocycles. The van der Waals surface area contributed by atoms with Gasteiger partial charge in [-0.15, -0.1) is 0 Å². The average molecular weight is 370 g/mol. The first-order chi connectivity index (χ1) is 12.9. The fraction of sp³-hybridized carbons (Fsp3) is 0.474. The Labute approximate surface area is 156 Å². The van der Waals surface area contributed by atoms with E-state index in [0.29, 0.717) is 0 Å². The number of imide groups is 2. The van der Waals surface area contributed by atoms with Gasteiger partial charge in [-0.1, -0.05) is 0 Å². The Morgan fingerprint density at radius 1 is 1.04 bits per heavy atom. The van der Waals surface area contributed by atoms with Crippen LogP contribution in [0.5, 0.6) is 0 Å². The molecule has 2 heterocycles. The van der Waals surface area contributed by atoms with Gasteiger partial charge >= 0.3 is 0 Å². The Kier molecular flexibility index (Phi) is 4.43. The Hall–Kier alpha value is -2.74. The van der Waals surface area contributed by atoms with Crippen molar-refractivity contribution in [2.45, 2.75) is 56.7 Å². The average Bonchev–Trinajstić information content (AvgIpc) is 2.86. The van der Waals surface area contributed by atoms with Crippen LogP contribution in [0.15, 0.2) is 18.2 Å². The minimum atomic E-state index is -0.942. The maximum Gasteiger partial charge on any atom is 0.262 e. The van der Waals surface area contributed by atoms with Gasteiger partial charge < -0.3 is 11.1 Å². The van der Waals surface area contributed by atoms with Crippen LogP contribution in [-0.4, -0.2) is 46.7 Å². The molecule has 4 amide bonds. The van der Waals surface area contributed by atoms with E-state index in [1.54, 1.807) is 18.2 Å². The van der Waals surface area contributed by atoms with Crippen LogP contribution in [0, 0.1) is 0 Å². The predicted octanol–water partition coefficient (Wildman–Crippen LogP) is 0.770. The number of nitrogens with one attached hydrogen (secondary N) is 2. The second-order valence-electron chi connectivity index (χ2n) is 7.48. The zero-order valence-corrected chi connectivity index (χ0v) is 14.9. The molecule has 4 rings (SSSR count). The molecule has 3 atom stereocenters. The van der Waals surface area contributed by atoms with Gasteiger partial charge in [-0.05, 0) is 50.3 Å². The monoisotopic (exact) mass is 370 g/mol. The van der Waals surface area contributed by atoms with Crippen molar-refractivity contribution in [3.63, 3.8) is 0 Å². The lowest BCUT2D eigenvalue weighted by molar-refractivity contribution is -0.136. The number of anilines is 1. The molecule has 3 aliphatic rings. The van der Waals surface area contributed by atoms with Crippen molar-refractivity contribution in [1.82, 2.24) is 10.2 Å². The number of carbonyl (C=O) groups excluding carboxylic acids is 4. The van der Waals surface area contributed by atoms with Gasteiger partial charge in [-0.25, -0.2) is 0 Å². The molecule has 1 aromatic carbocycles. The molecule has 1 unspecified atom stereocenters. The molecule has 27 heavy (non-hydrogen) atoms. The number of benzene rings is 1. The molecule has 0 bridgehead atoms. The minimum Gasteiger partial charge on any atom is -0.382 e. The summed E-state index contributed by atoms with van der Waals surface area (Å²) in [6.07, 6.45) is 4.23. The molecule has 0 radical (unpaired) electrons. The minimum absolute atomic E-state index is 0.110. The lowest BCUT2D eigenvalue weighted by Crippen LogP contribution is -2.54. The summed E-state index contributed by atoms with van der Waals surface area (Å²) < 4.78 is 0. The van der Waals surface area contributed by atoms with Crippen molar-refractivity contribution in [2.75, 3.05) is 5.32 Å². The first-order valence-corrected chi connectivity index (χ1v) is 9.32. The number of piperidine rings is 1. The molecule has 0 spiro atoms. The van der Waals surface area contributed by atoms with Gasteiger partial charge in [-0.2, -0.15) is 0 Å². The number of nitrogens with two attached hydrogens (primary N) is 1. The van der Waals surface area contributed by atoms with Gasteiger partial charge in [-0.3, -0.25) is 29.4 Å². The largest absolute Gasteiger partial charge is 0.382 e. The molecule has 2 fully saturated rings. The number of nitrogens with zero attached hydrogens (tertiary/aromatic N) is 1. The summed E-state index contributed by atoms with van der Waals surface area (Å²) in [4.78, 5) is 49.9. The van der Waals surface area contributed by atoms with E-state index in [9.17, 15) is 19.2 Å². The third kappa shape index (κ3) is 3.21. The van der Waals surface area contributed by atoms with Crippen LogP contribution in [0.4, 0.5) is 5.69 Å². The molecule has 142 valence electrons. The smallest absolute Gasteiger partial charge is 0.262 e. The van der Waals surface area contributed by atoms with Crippen LogP contribution in [0.1, 0.15) is 59.2 Å². The highest BCUT2D eigenvalue weighted by atomic mass is 16.2. The lowest BCUT2D eigenvalue weighted by Gasteiger charge is -2.28. The Morgan fingerprint density at radius 2 is 1.81 bits per heavy atom. The zero-order valence-electron chi connectivity index (χ0n) is 14.9. The maximum atomic E-state index is 12.8. The maximum absolute atomic E-state index is 12.8. The third-order valence-corrected chi connectivity index (χ3v) is 5.53. The predicted molar refractivity (Wildman–Crippen MR) is 97.0 cm³/mol. The molecular weight excluding hydrogens is 348 g/mol. The van der Waals surface area contributed by atoms with E-state index in [1.807, 2.05) is 0 Å². The van der Waals surface area contributed by atoms with E-state index in [1.165, 1.54) is 0 Å². The van der Waals surface area contributed by atoms with Crippen molar-refractivity contribution < 1.29 is 19.2 Å². The van der Waals surface area contributed by atoms with E-state index in [0.717, 1.165) is 36.3 Å². The van der Waals surface area contributed by atoms with Gasteiger partial charge in [0.1, 0.15) is 6.04 Å². The van der Waals surface area contributed by atoms with E-state index < -0.39 is 23.8 Å². The SMILES string of the molecule is N[C@@H]1CCC[C@@H](Nc2ccc3c(c2)C(=O)N(C2CCC(=O)NC2=O)C3=O)C1. The van der Waals surface area contributed by atoms with Crippen molar-refractivity contribution in [3.8, 4) is 0 Å². The van der Waals surface area contributed by atoms with Gasteiger partial charge in [0.05, 0.1) is 11.1 Å². The first kappa shape index (κ1) is 17.7. The second-order valence-corrected chi connectivity index (χ2v) is 7.48. The highest BCUT2D eigenvalue weighted by molar-refractivity contribution is 6.23. The Morgan fingerprint density at radius 3 is 2.56 bits per heavy atom. The van der Waals surface area contributed by atoms with Gasteiger partial charge in [0.2, 0.25) is 11.8 Å².